The lowest BCUT2D eigenvalue weighted by Crippen LogP contribution is -2.09. The summed E-state index contributed by atoms with van der Waals surface area (Å²) in [5, 5.41) is 0. The number of rotatable bonds is 3. The maximum Gasteiger partial charge on any atom is 0.0400 e. The van der Waals surface area contributed by atoms with Gasteiger partial charge in [0.25, 0.3) is 0 Å². The van der Waals surface area contributed by atoms with E-state index in [2.05, 4.69) is 26.5 Å². The Labute approximate surface area is 97.5 Å². The van der Waals surface area contributed by atoms with Gasteiger partial charge in [0, 0.05) is 17.1 Å². The van der Waals surface area contributed by atoms with Crippen molar-refractivity contribution in [1.82, 2.24) is 0 Å². The van der Waals surface area contributed by atoms with Crippen LogP contribution in [0.1, 0.15) is 36.1 Å². The second-order valence-electron chi connectivity index (χ2n) is 3.75. The largest absolute Gasteiger partial charge is 0.398 e. The first-order valence-corrected chi connectivity index (χ1v) is 6.00. The van der Waals surface area contributed by atoms with Crippen LogP contribution in [-0.4, -0.2) is 0 Å². The molecule has 0 heterocycles. The first kappa shape index (κ1) is 12.2. The molecular weight excluding hydrogens is 204 g/mol. The SMILES string of the molecule is CCc1c(N)c(C)c(N)c(CC)c1CS. The summed E-state index contributed by atoms with van der Waals surface area (Å²) in [5.41, 5.74) is 18.5. The summed E-state index contributed by atoms with van der Waals surface area (Å²) in [4.78, 5) is 0. The molecule has 1 aromatic rings. The van der Waals surface area contributed by atoms with E-state index in [4.69, 9.17) is 11.5 Å². The fraction of sp³-hybridized carbons (Fsp3) is 0.500. The second-order valence-corrected chi connectivity index (χ2v) is 4.07. The number of thiol groups is 1. The van der Waals surface area contributed by atoms with Gasteiger partial charge in [-0.2, -0.15) is 12.6 Å². The highest BCUT2D eigenvalue weighted by molar-refractivity contribution is 7.79. The molecule has 0 spiro atoms. The molecule has 1 rings (SSSR count). The van der Waals surface area contributed by atoms with Crippen LogP contribution in [-0.2, 0) is 18.6 Å². The third-order valence-corrected chi connectivity index (χ3v) is 3.37. The van der Waals surface area contributed by atoms with Gasteiger partial charge in [0.1, 0.15) is 0 Å². The van der Waals surface area contributed by atoms with Crippen molar-refractivity contribution in [2.45, 2.75) is 39.4 Å². The van der Waals surface area contributed by atoms with E-state index in [0.29, 0.717) is 5.75 Å². The summed E-state index contributed by atoms with van der Waals surface area (Å²) in [7, 11) is 0. The predicted molar refractivity (Wildman–Crippen MR) is 71.4 cm³/mol. The van der Waals surface area contributed by atoms with Gasteiger partial charge >= 0.3 is 0 Å². The lowest BCUT2D eigenvalue weighted by Gasteiger charge is -2.19. The summed E-state index contributed by atoms with van der Waals surface area (Å²) in [5.74, 6) is 0.709. The van der Waals surface area contributed by atoms with Gasteiger partial charge in [-0.1, -0.05) is 13.8 Å². The Balaban J connectivity index is 3.59. The van der Waals surface area contributed by atoms with Crippen molar-refractivity contribution in [3.8, 4) is 0 Å². The van der Waals surface area contributed by atoms with Gasteiger partial charge < -0.3 is 11.5 Å². The Bertz CT molecular complexity index is 341. The van der Waals surface area contributed by atoms with E-state index >= 15 is 0 Å². The Hall–Kier alpha value is -0.830. The minimum atomic E-state index is 0.709. The zero-order valence-electron chi connectivity index (χ0n) is 9.72. The van der Waals surface area contributed by atoms with E-state index in [0.717, 1.165) is 29.8 Å². The Kier molecular flexibility index (Phi) is 3.91. The van der Waals surface area contributed by atoms with Crippen molar-refractivity contribution in [2.24, 2.45) is 0 Å². The van der Waals surface area contributed by atoms with Gasteiger partial charge in [-0.25, -0.2) is 0 Å². The van der Waals surface area contributed by atoms with Gasteiger partial charge in [0.15, 0.2) is 0 Å². The number of benzene rings is 1. The monoisotopic (exact) mass is 224 g/mol. The van der Waals surface area contributed by atoms with E-state index in [9.17, 15) is 0 Å². The third kappa shape index (κ3) is 1.93. The first-order chi connectivity index (χ1) is 7.08. The Morgan fingerprint density at radius 2 is 1.33 bits per heavy atom. The minimum Gasteiger partial charge on any atom is -0.398 e. The second kappa shape index (κ2) is 4.79. The molecule has 0 saturated heterocycles. The molecule has 0 aliphatic heterocycles. The van der Waals surface area contributed by atoms with Crippen molar-refractivity contribution in [3.05, 3.63) is 22.3 Å². The van der Waals surface area contributed by atoms with Crippen molar-refractivity contribution >= 4 is 24.0 Å². The molecule has 0 unspecified atom stereocenters. The van der Waals surface area contributed by atoms with E-state index in [1.54, 1.807) is 0 Å². The summed E-state index contributed by atoms with van der Waals surface area (Å²) in [6, 6.07) is 0. The normalized spacial score (nSPS) is 10.7. The molecule has 0 bridgehead atoms. The smallest absolute Gasteiger partial charge is 0.0400 e. The lowest BCUT2D eigenvalue weighted by molar-refractivity contribution is 1.04. The van der Waals surface area contributed by atoms with Crippen molar-refractivity contribution in [3.63, 3.8) is 0 Å². The Morgan fingerprint density at radius 3 is 1.60 bits per heavy atom. The predicted octanol–water partition coefficient (Wildman–Crippen LogP) is 2.71. The fourth-order valence-corrected chi connectivity index (χ4v) is 2.49. The highest BCUT2D eigenvalue weighted by atomic mass is 32.1. The summed E-state index contributed by atoms with van der Waals surface area (Å²) >= 11 is 4.38. The maximum atomic E-state index is 6.08. The van der Waals surface area contributed by atoms with Crippen LogP contribution in [0, 0.1) is 6.92 Å². The van der Waals surface area contributed by atoms with Crippen LogP contribution in [0.15, 0.2) is 0 Å². The molecule has 4 N–H and O–H groups in total. The molecule has 3 heteroatoms. The molecule has 0 aliphatic rings. The number of hydrogen-bond donors (Lipinski definition) is 3. The molecule has 0 saturated carbocycles. The molecule has 1 aromatic carbocycles. The highest BCUT2D eigenvalue weighted by Crippen LogP contribution is 2.33. The van der Waals surface area contributed by atoms with Crippen molar-refractivity contribution in [1.29, 1.82) is 0 Å². The number of nitrogens with two attached hydrogens (primary N) is 2. The summed E-state index contributed by atoms with van der Waals surface area (Å²) in [6.07, 6.45) is 1.88. The third-order valence-electron chi connectivity index (χ3n) is 3.05. The molecule has 0 atom stereocenters. The molecule has 0 aromatic heterocycles. The summed E-state index contributed by atoms with van der Waals surface area (Å²) < 4.78 is 0. The average Bonchev–Trinajstić information content (AvgIpc) is 2.25. The van der Waals surface area contributed by atoms with Crippen molar-refractivity contribution in [2.75, 3.05) is 11.5 Å². The Morgan fingerprint density at radius 1 is 0.933 bits per heavy atom. The topological polar surface area (TPSA) is 52.0 Å². The van der Waals surface area contributed by atoms with E-state index in [-0.39, 0.29) is 0 Å². The van der Waals surface area contributed by atoms with Crippen LogP contribution in [0.25, 0.3) is 0 Å². The van der Waals surface area contributed by atoms with Gasteiger partial charge in [-0.15, -0.1) is 0 Å². The van der Waals surface area contributed by atoms with Crippen LogP contribution in [0.3, 0.4) is 0 Å². The van der Waals surface area contributed by atoms with Crippen LogP contribution < -0.4 is 11.5 Å². The van der Waals surface area contributed by atoms with Crippen LogP contribution in [0.4, 0.5) is 11.4 Å². The fourth-order valence-electron chi connectivity index (χ4n) is 2.10. The molecule has 84 valence electrons. The molecular formula is C12H20N2S. The molecule has 0 amide bonds. The zero-order chi connectivity index (χ0) is 11.6. The zero-order valence-corrected chi connectivity index (χ0v) is 10.6. The lowest BCUT2D eigenvalue weighted by atomic mass is 9.92. The first-order valence-electron chi connectivity index (χ1n) is 5.37. The molecule has 15 heavy (non-hydrogen) atoms. The highest BCUT2D eigenvalue weighted by Gasteiger charge is 2.15. The molecule has 0 radical (unpaired) electrons. The molecule has 0 fully saturated rings. The van der Waals surface area contributed by atoms with Crippen LogP contribution in [0.2, 0.25) is 0 Å². The standard InChI is InChI=1S/C12H20N2S/c1-4-8-10(6-15)9(5-2)12(14)7(3)11(8)13/h15H,4-6,13-14H2,1-3H3. The van der Waals surface area contributed by atoms with Gasteiger partial charge in [0.2, 0.25) is 0 Å². The van der Waals surface area contributed by atoms with Crippen LogP contribution >= 0.6 is 12.6 Å². The van der Waals surface area contributed by atoms with E-state index in [1.807, 2.05) is 6.92 Å². The number of hydrogen-bond acceptors (Lipinski definition) is 3. The van der Waals surface area contributed by atoms with Crippen molar-refractivity contribution < 1.29 is 0 Å². The van der Waals surface area contributed by atoms with Gasteiger partial charge in [-0.05, 0) is 42.0 Å². The van der Waals surface area contributed by atoms with Gasteiger partial charge in [-0.3, -0.25) is 0 Å². The number of nitrogen functional groups attached to an aromatic ring is 2. The minimum absolute atomic E-state index is 0.709. The van der Waals surface area contributed by atoms with E-state index < -0.39 is 0 Å². The maximum absolute atomic E-state index is 6.08. The van der Waals surface area contributed by atoms with Crippen LogP contribution in [0.5, 0.6) is 0 Å². The molecule has 2 nitrogen and oxygen atoms in total. The van der Waals surface area contributed by atoms with E-state index in [1.165, 1.54) is 16.7 Å². The molecule has 0 aliphatic carbocycles. The average molecular weight is 224 g/mol. The summed E-state index contributed by atoms with van der Waals surface area (Å²) in [6.45, 7) is 6.23. The number of anilines is 2. The quantitative estimate of drug-likeness (QED) is 0.546. The van der Waals surface area contributed by atoms with Gasteiger partial charge in [0.05, 0.1) is 0 Å².